The minimum Gasteiger partial charge on any atom is -0.394 e. The molecule has 3 saturated carbocycles. The fourth-order valence-corrected chi connectivity index (χ4v) is 14.0. The molecule has 26 atom stereocenters. The van der Waals surface area contributed by atoms with Gasteiger partial charge in [-0.05, 0) is 106 Å². The van der Waals surface area contributed by atoms with E-state index in [1.807, 2.05) is 0 Å². The number of rotatable bonds is 7. The van der Waals surface area contributed by atoms with Crippen molar-refractivity contribution in [1.29, 1.82) is 0 Å². The molecular formula is C45H72O16. The van der Waals surface area contributed by atoms with Crippen LogP contribution in [0.15, 0.2) is 11.6 Å². The summed E-state index contributed by atoms with van der Waals surface area (Å²) in [6.45, 7) is 12.7. The maximum absolute atomic E-state index is 11.6. The van der Waals surface area contributed by atoms with Crippen LogP contribution in [0.4, 0.5) is 0 Å². The summed E-state index contributed by atoms with van der Waals surface area (Å²) < 4.78 is 50.5. The number of aliphatic hydroxyl groups excluding tert-OH is 8. The van der Waals surface area contributed by atoms with Crippen molar-refractivity contribution in [2.45, 2.75) is 209 Å². The van der Waals surface area contributed by atoms with Gasteiger partial charge in [0.15, 0.2) is 24.7 Å². The molecule has 16 heteroatoms. The predicted octanol–water partition coefficient (Wildman–Crippen LogP) is 1.24. The van der Waals surface area contributed by atoms with Crippen molar-refractivity contribution in [3.8, 4) is 0 Å². The molecule has 8 fully saturated rings. The van der Waals surface area contributed by atoms with Gasteiger partial charge in [-0.1, -0.05) is 39.3 Å². The zero-order valence-corrected chi connectivity index (χ0v) is 36.5. The first-order valence-electron chi connectivity index (χ1n) is 23.2. The van der Waals surface area contributed by atoms with Crippen LogP contribution in [0, 0.1) is 46.3 Å². The molecule has 9 rings (SSSR count). The molecule has 348 valence electrons. The third-order valence-electron chi connectivity index (χ3n) is 17.6. The molecule has 5 aliphatic heterocycles. The summed E-state index contributed by atoms with van der Waals surface area (Å²) >= 11 is 0. The van der Waals surface area contributed by atoms with E-state index in [0.717, 1.165) is 51.6 Å². The molecule has 5 saturated heterocycles. The van der Waals surface area contributed by atoms with Crippen molar-refractivity contribution in [1.82, 2.24) is 0 Å². The van der Waals surface area contributed by atoms with Gasteiger partial charge in [-0.3, -0.25) is 0 Å². The van der Waals surface area contributed by atoms with Gasteiger partial charge in [0, 0.05) is 12.3 Å². The second-order valence-electron chi connectivity index (χ2n) is 21.1. The Morgan fingerprint density at radius 3 is 1.97 bits per heavy atom. The lowest BCUT2D eigenvalue weighted by atomic mass is 9.47. The Bertz CT molecular complexity index is 1590. The molecule has 16 nitrogen and oxygen atoms in total. The van der Waals surface area contributed by atoms with Crippen molar-refractivity contribution in [3.05, 3.63) is 11.6 Å². The van der Waals surface area contributed by atoms with Crippen LogP contribution in [0.25, 0.3) is 0 Å². The topological polar surface area (TPSA) is 236 Å². The van der Waals surface area contributed by atoms with E-state index in [4.69, 9.17) is 37.9 Å². The lowest BCUT2D eigenvalue weighted by Crippen LogP contribution is -2.67. The first-order valence-corrected chi connectivity index (χ1v) is 23.2. The molecule has 1 spiro atoms. The Balaban J connectivity index is 0.937. The Labute approximate surface area is 358 Å². The lowest BCUT2D eigenvalue weighted by Gasteiger charge is -2.59. The van der Waals surface area contributed by atoms with Gasteiger partial charge in [0.25, 0.3) is 0 Å². The molecule has 4 aliphatic carbocycles. The number of ether oxygens (including phenoxy) is 8. The molecule has 0 radical (unpaired) electrons. The SMILES string of the molecule is CC1OC(OC2C(O[C@H]3CC[C@@]4(C)C(=CCC5C6CC7OC8(CC[C@@H](C)CO8)[C@@H](C)C7[C@@]6(C)CCC54)C3)OC(CO)C(O)C2OC2OC(C)C(O)C(O)C2O)C(O)C(O)C1O. The normalized spacial score (nSPS) is 58.4. The summed E-state index contributed by atoms with van der Waals surface area (Å²) in [5.74, 6) is 2.61. The van der Waals surface area contributed by atoms with Crippen molar-refractivity contribution < 1.29 is 78.7 Å². The molecule has 9 aliphatic rings. The monoisotopic (exact) mass is 868 g/mol. The minimum absolute atomic E-state index is 0.0272. The number of fused-ring (bicyclic) bond motifs is 7. The Hall–Kier alpha value is -0.900. The van der Waals surface area contributed by atoms with Crippen molar-refractivity contribution in [2.24, 2.45) is 46.3 Å². The first kappa shape index (κ1) is 45.3. The first-order chi connectivity index (χ1) is 28.9. The molecule has 0 aromatic heterocycles. The van der Waals surface area contributed by atoms with E-state index in [1.165, 1.54) is 19.4 Å². The third kappa shape index (κ3) is 7.42. The highest BCUT2D eigenvalue weighted by molar-refractivity contribution is 5.26. The molecule has 0 aromatic carbocycles. The summed E-state index contributed by atoms with van der Waals surface area (Å²) in [7, 11) is 0. The van der Waals surface area contributed by atoms with Crippen LogP contribution in [0.1, 0.15) is 99.3 Å². The maximum atomic E-state index is 11.6. The lowest BCUT2D eigenvalue weighted by molar-refractivity contribution is -0.393. The Morgan fingerprint density at radius 2 is 1.34 bits per heavy atom. The van der Waals surface area contributed by atoms with Gasteiger partial charge < -0.3 is 78.7 Å². The maximum Gasteiger partial charge on any atom is 0.187 e. The van der Waals surface area contributed by atoms with Gasteiger partial charge in [-0.15, -0.1) is 0 Å². The standard InChI is InChI=1S/C45H72O16/c1-19-9-14-45(54-18-19)20(2)30-28(61-45)16-27-25-8-7-23-15-24(10-12-43(23,5)26(25)11-13-44(27,30)6)57-42-39(60-41-37(53)35(51)32(48)22(4)56-41)38(33(49)29(17-46)58-42)59-40-36(52)34(50)31(47)21(3)55-40/h7,19-22,24-42,46-53H,8-18H2,1-6H3/t19-,20+,21?,22?,24+,25?,26?,27?,28?,29?,30?,31?,32?,33?,34?,35?,36?,37?,38?,39?,40?,41?,42?,43+,44+,45?/m1/s1. The highest BCUT2D eigenvalue weighted by Gasteiger charge is 2.69. The van der Waals surface area contributed by atoms with E-state index in [-0.39, 0.29) is 23.0 Å². The summed E-state index contributed by atoms with van der Waals surface area (Å²) in [4.78, 5) is 0. The van der Waals surface area contributed by atoms with Crippen molar-refractivity contribution >= 4 is 0 Å². The number of aliphatic hydroxyl groups is 8. The average Bonchev–Trinajstić information content (AvgIpc) is 3.69. The van der Waals surface area contributed by atoms with E-state index >= 15 is 0 Å². The fraction of sp³-hybridized carbons (Fsp3) is 0.956. The molecule has 0 aromatic rings. The van der Waals surface area contributed by atoms with Gasteiger partial charge >= 0.3 is 0 Å². The number of hydrogen-bond acceptors (Lipinski definition) is 16. The van der Waals surface area contributed by atoms with Crippen molar-refractivity contribution in [2.75, 3.05) is 13.2 Å². The Kier molecular flexibility index (Phi) is 12.4. The van der Waals surface area contributed by atoms with Gasteiger partial charge in [0.1, 0.15) is 61.0 Å². The van der Waals surface area contributed by atoms with E-state index in [9.17, 15) is 40.9 Å². The summed E-state index contributed by atoms with van der Waals surface area (Å²) in [5.41, 5.74) is 1.51. The highest BCUT2D eigenvalue weighted by atomic mass is 16.8. The zero-order valence-electron chi connectivity index (χ0n) is 36.5. The Morgan fingerprint density at radius 1 is 0.689 bits per heavy atom. The summed E-state index contributed by atoms with van der Waals surface area (Å²) in [6.07, 6.45) is -10.6. The molecular weight excluding hydrogens is 796 g/mol. The van der Waals surface area contributed by atoms with E-state index in [2.05, 4.69) is 33.8 Å². The molecule has 0 bridgehead atoms. The second kappa shape index (κ2) is 16.8. The molecule has 5 heterocycles. The van der Waals surface area contributed by atoms with E-state index in [0.29, 0.717) is 48.3 Å². The molecule has 61 heavy (non-hydrogen) atoms. The quantitative estimate of drug-likeness (QED) is 0.168. The summed E-state index contributed by atoms with van der Waals surface area (Å²) in [6, 6.07) is 0. The van der Waals surface area contributed by atoms with E-state index in [1.54, 1.807) is 0 Å². The van der Waals surface area contributed by atoms with Crippen LogP contribution >= 0.6 is 0 Å². The number of allylic oxidation sites excluding steroid dienone is 1. The smallest absolute Gasteiger partial charge is 0.187 e. The van der Waals surface area contributed by atoms with Crippen LogP contribution in [-0.4, -0.2) is 164 Å². The fourth-order valence-electron chi connectivity index (χ4n) is 14.0. The van der Waals surface area contributed by atoms with Crippen LogP contribution in [0.3, 0.4) is 0 Å². The van der Waals surface area contributed by atoms with Crippen LogP contribution in [0.5, 0.6) is 0 Å². The third-order valence-corrected chi connectivity index (χ3v) is 17.6. The van der Waals surface area contributed by atoms with E-state index < -0.39 is 105 Å². The van der Waals surface area contributed by atoms with Crippen molar-refractivity contribution in [3.63, 3.8) is 0 Å². The van der Waals surface area contributed by atoms with Gasteiger partial charge in [-0.25, -0.2) is 0 Å². The largest absolute Gasteiger partial charge is 0.394 e. The molecule has 21 unspecified atom stereocenters. The van der Waals surface area contributed by atoms with Gasteiger partial charge in [-0.2, -0.15) is 0 Å². The van der Waals surface area contributed by atoms with Crippen LogP contribution < -0.4 is 0 Å². The molecule has 8 N–H and O–H groups in total. The van der Waals surface area contributed by atoms with Crippen LogP contribution in [-0.2, 0) is 37.9 Å². The molecule has 0 amide bonds. The average molecular weight is 869 g/mol. The number of hydrogen-bond donors (Lipinski definition) is 8. The van der Waals surface area contributed by atoms with Gasteiger partial charge in [0.05, 0.1) is 37.6 Å². The minimum atomic E-state index is -1.73. The predicted molar refractivity (Wildman–Crippen MR) is 213 cm³/mol. The second-order valence-corrected chi connectivity index (χ2v) is 21.1. The zero-order chi connectivity index (χ0) is 43.5. The summed E-state index contributed by atoms with van der Waals surface area (Å²) in [5, 5.41) is 85.9. The van der Waals surface area contributed by atoms with Gasteiger partial charge in [0.2, 0.25) is 0 Å². The van der Waals surface area contributed by atoms with Crippen LogP contribution in [0.2, 0.25) is 0 Å². The highest BCUT2D eigenvalue weighted by Crippen LogP contribution is 2.70.